The van der Waals surface area contributed by atoms with Crippen molar-refractivity contribution in [2.45, 2.75) is 25.3 Å². The maximum absolute atomic E-state index is 12.0. The molecule has 2 aliphatic rings. The molecule has 1 heterocycles. The van der Waals surface area contributed by atoms with Crippen molar-refractivity contribution in [2.75, 3.05) is 6.61 Å². The zero-order chi connectivity index (χ0) is 13.1. The van der Waals surface area contributed by atoms with Crippen LogP contribution in [0.4, 0.5) is 0 Å². The van der Waals surface area contributed by atoms with Crippen LogP contribution in [0.25, 0.3) is 0 Å². The minimum Gasteiger partial charge on any atom is -0.481 e. The molecule has 1 aliphatic heterocycles. The van der Waals surface area contributed by atoms with Gasteiger partial charge in [-0.1, -0.05) is 12.2 Å². The Morgan fingerprint density at radius 1 is 1.28 bits per heavy atom. The molecule has 1 saturated heterocycles. The van der Waals surface area contributed by atoms with Crippen molar-refractivity contribution in [3.63, 3.8) is 0 Å². The van der Waals surface area contributed by atoms with Gasteiger partial charge in [0.1, 0.15) is 6.04 Å². The van der Waals surface area contributed by atoms with Gasteiger partial charge in [0.25, 0.3) is 0 Å². The van der Waals surface area contributed by atoms with Crippen LogP contribution in [0.2, 0.25) is 0 Å². The second-order valence-electron chi connectivity index (χ2n) is 4.51. The van der Waals surface area contributed by atoms with Crippen molar-refractivity contribution in [3.8, 4) is 0 Å². The highest BCUT2D eigenvalue weighted by molar-refractivity contribution is 5.89. The highest BCUT2D eigenvalue weighted by atomic mass is 16.5. The normalized spacial score (nSPS) is 30.9. The van der Waals surface area contributed by atoms with E-state index in [4.69, 9.17) is 9.84 Å². The predicted octanol–water partition coefficient (Wildman–Crippen LogP) is 0.0851. The van der Waals surface area contributed by atoms with Crippen molar-refractivity contribution in [1.82, 2.24) is 5.32 Å². The number of carboxylic acids is 1. The van der Waals surface area contributed by atoms with Gasteiger partial charge in [-0.25, -0.2) is 4.79 Å². The third-order valence-corrected chi connectivity index (χ3v) is 3.34. The number of hydrogen-bond acceptors (Lipinski definition) is 4. The van der Waals surface area contributed by atoms with E-state index in [0.717, 1.165) is 0 Å². The maximum Gasteiger partial charge on any atom is 0.328 e. The fourth-order valence-corrected chi connectivity index (χ4v) is 2.28. The minimum absolute atomic E-state index is 0.302. The first-order valence-electron chi connectivity index (χ1n) is 5.94. The van der Waals surface area contributed by atoms with E-state index in [-0.39, 0.29) is 5.91 Å². The quantitative estimate of drug-likeness (QED) is 0.549. The Morgan fingerprint density at radius 2 is 1.94 bits per heavy atom. The molecule has 6 heteroatoms. The molecule has 1 aliphatic carbocycles. The van der Waals surface area contributed by atoms with Crippen molar-refractivity contribution in [3.05, 3.63) is 12.2 Å². The summed E-state index contributed by atoms with van der Waals surface area (Å²) in [6, 6.07) is -0.627. The van der Waals surface area contributed by atoms with Gasteiger partial charge in [0.2, 0.25) is 5.91 Å². The van der Waals surface area contributed by atoms with Gasteiger partial charge in [0.05, 0.1) is 18.4 Å². The van der Waals surface area contributed by atoms with Gasteiger partial charge in [0.15, 0.2) is 0 Å². The molecule has 1 fully saturated rings. The minimum atomic E-state index is -0.978. The second kappa shape index (κ2) is 5.20. The molecule has 98 valence electrons. The number of esters is 1. The summed E-state index contributed by atoms with van der Waals surface area (Å²) < 4.78 is 4.74. The molecule has 3 atom stereocenters. The van der Waals surface area contributed by atoms with Crippen LogP contribution in [0.15, 0.2) is 12.2 Å². The Hall–Kier alpha value is -1.85. The summed E-state index contributed by atoms with van der Waals surface area (Å²) >= 11 is 0. The number of hydrogen-bond donors (Lipinski definition) is 2. The van der Waals surface area contributed by atoms with Gasteiger partial charge < -0.3 is 15.2 Å². The van der Waals surface area contributed by atoms with E-state index in [1.54, 1.807) is 12.2 Å². The van der Waals surface area contributed by atoms with Crippen LogP contribution in [-0.2, 0) is 19.1 Å². The number of aliphatic carboxylic acids is 1. The predicted molar refractivity (Wildman–Crippen MR) is 60.5 cm³/mol. The Balaban J connectivity index is 2.00. The molecule has 1 amide bonds. The summed E-state index contributed by atoms with van der Waals surface area (Å²) in [5, 5.41) is 11.6. The van der Waals surface area contributed by atoms with Gasteiger partial charge in [-0.05, 0) is 12.8 Å². The van der Waals surface area contributed by atoms with E-state index < -0.39 is 29.8 Å². The SMILES string of the molecule is O=C1OCCC1NC(=O)[C@@H]1CC=CC[C@@H]1C(=O)O. The molecule has 0 aromatic carbocycles. The highest BCUT2D eigenvalue weighted by Crippen LogP contribution is 2.26. The zero-order valence-corrected chi connectivity index (χ0v) is 9.80. The second-order valence-corrected chi connectivity index (χ2v) is 4.51. The van der Waals surface area contributed by atoms with Crippen LogP contribution in [0, 0.1) is 11.8 Å². The van der Waals surface area contributed by atoms with Crippen molar-refractivity contribution in [1.29, 1.82) is 0 Å². The van der Waals surface area contributed by atoms with Crippen LogP contribution < -0.4 is 5.32 Å². The van der Waals surface area contributed by atoms with Crippen LogP contribution >= 0.6 is 0 Å². The van der Waals surface area contributed by atoms with Gasteiger partial charge in [0, 0.05) is 6.42 Å². The number of rotatable bonds is 3. The molecule has 0 radical (unpaired) electrons. The third-order valence-electron chi connectivity index (χ3n) is 3.34. The van der Waals surface area contributed by atoms with Crippen LogP contribution in [0.1, 0.15) is 19.3 Å². The summed E-state index contributed by atoms with van der Waals surface area (Å²) in [5.74, 6) is -3.13. The fourth-order valence-electron chi connectivity index (χ4n) is 2.28. The number of carboxylic acid groups (broad SMARTS) is 1. The molecular formula is C12H15NO5. The van der Waals surface area contributed by atoms with E-state index in [1.807, 2.05) is 0 Å². The number of ether oxygens (including phenoxy) is 1. The van der Waals surface area contributed by atoms with Gasteiger partial charge in [-0.2, -0.15) is 0 Å². The Kier molecular flexibility index (Phi) is 3.64. The Bertz CT molecular complexity index is 403. The van der Waals surface area contributed by atoms with E-state index in [9.17, 15) is 14.4 Å². The summed E-state index contributed by atoms with van der Waals surface area (Å²) in [6.45, 7) is 0.302. The number of carbonyl (C=O) groups is 3. The van der Waals surface area contributed by atoms with Gasteiger partial charge in [-0.3, -0.25) is 9.59 Å². The lowest BCUT2D eigenvalue weighted by atomic mass is 9.82. The topological polar surface area (TPSA) is 92.7 Å². The number of amides is 1. The molecule has 0 spiro atoms. The first kappa shape index (κ1) is 12.6. The Morgan fingerprint density at radius 3 is 2.50 bits per heavy atom. The van der Waals surface area contributed by atoms with Gasteiger partial charge >= 0.3 is 11.9 Å². The molecule has 0 aromatic rings. The molecule has 0 aromatic heterocycles. The van der Waals surface area contributed by atoms with E-state index in [1.165, 1.54) is 0 Å². The standard InChI is InChI=1S/C12H15NO5/c14-10(13-9-5-6-18-12(9)17)7-3-1-2-4-8(7)11(15)16/h1-2,7-9H,3-6H2,(H,13,14)(H,15,16)/t7-,8+,9?/m1/s1. The zero-order valence-electron chi connectivity index (χ0n) is 9.80. The first-order valence-corrected chi connectivity index (χ1v) is 5.94. The average Bonchev–Trinajstić information content (AvgIpc) is 2.75. The highest BCUT2D eigenvalue weighted by Gasteiger charge is 2.36. The number of cyclic esters (lactones) is 1. The molecule has 0 saturated carbocycles. The molecule has 18 heavy (non-hydrogen) atoms. The van der Waals surface area contributed by atoms with Crippen molar-refractivity contribution < 1.29 is 24.2 Å². The lowest BCUT2D eigenvalue weighted by molar-refractivity contribution is -0.148. The van der Waals surface area contributed by atoms with Crippen molar-refractivity contribution >= 4 is 17.8 Å². The van der Waals surface area contributed by atoms with E-state index >= 15 is 0 Å². The number of carbonyl (C=O) groups excluding carboxylic acids is 2. The molecule has 2 N–H and O–H groups in total. The lowest BCUT2D eigenvalue weighted by Gasteiger charge is -2.25. The van der Waals surface area contributed by atoms with Crippen LogP contribution in [-0.4, -0.2) is 35.6 Å². The maximum atomic E-state index is 12.0. The lowest BCUT2D eigenvalue weighted by Crippen LogP contribution is -2.45. The third kappa shape index (κ3) is 2.52. The average molecular weight is 253 g/mol. The summed E-state index contributed by atoms with van der Waals surface area (Å²) in [6.07, 6.45) is 4.76. The van der Waals surface area contributed by atoms with Crippen LogP contribution in [0.5, 0.6) is 0 Å². The number of nitrogens with one attached hydrogen (secondary N) is 1. The Labute approximate surface area is 104 Å². The molecule has 0 bridgehead atoms. The largest absolute Gasteiger partial charge is 0.481 e. The molecular weight excluding hydrogens is 238 g/mol. The monoisotopic (exact) mass is 253 g/mol. The van der Waals surface area contributed by atoms with Gasteiger partial charge in [-0.15, -0.1) is 0 Å². The summed E-state index contributed by atoms with van der Waals surface area (Å²) in [4.78, 5) is 34.3. The molecule has 1 unspecified atom stereocenters. The fraction of sp³-hybridized carbons (Fsp3) is 0.583. The smallest absolute Gasteiger partial charge is 0.328 e. The van der Waals surface area contributed by atoms with Crippen molar-refractivity contribution in [2.24, 2.45) is 11.8 Å². The first-order chi connectivity index (χ1) is 8.59. The molecule has 6 nitrogen and oxygen atoms in total. The van der Waals surface area contributed by atoms with E-state index in [2.05, 4.69) is 5.32 Å². The number of allylic oxidation sites excluding steroid dienone is 2. The summed E-state index contributed by atoms with van der Waals surface area (Å²) in [7, 11) is 0. The van der Waals surface area contributed by atoms with E-state index in [0.29, 0.717) is 25.9 Å². The summed E-state index contributed by atoms with van der Waals surface area (Å²) in [5.41, 5.74) is 0. The van der Waals surface area contributed by atoms with Crippen LogP contribution in [0.3, 0.4) is 0 Å². The molecule has 2 rings (SSSR count).